The number of rotatable bonds is 4. The second kappa shape index (κ2) is 5.82. The van der Waals surface area contributed by atoms with Gasteiger partial charge in [-0.3, -0.25) is 4.79 Å². The van der Waals surface area contributed by atoms with E-state index >= 15 is 0 Å². The Bertz CT molecular complexity index is 416. The lowest BCUT2D eigenvalue weighted by atomic mass is 10.2. The molecule has 2 heterocycles. The minimum absolute atomic E-state index is 0.0762. The number of nitrogens with zero attached hydrogens (tertiary/aromatic N) is 2. The number of aromatic nitrogens is 1. The third-order valence-electron chi connectivity index (χ3n) is 3.18. The zero-order valence-electron chi connectivity index (χ0n) is 10.8. The molecule has 1 atom stereocenters. The van der Waals surface area contributed by atoms with Gasteiger partial charge >= 0.3 is 0 Å². The van der Waals surface area contributed by atoms with E-state index in [1.54, 1.807) is 23.2 Å². The SMILES string of the molecule is CCOc1cccnc1C(=O)N(C)C1CCNC1. The molecule has 0 spiro atoms. The van der Waals surface area contributed by atoms with Gasteiger partial charge in [0.15, 0.2) is 11.4 Å². The molecule has 5 nitrogen and oxygen atoms in total. The van der Waals surface area contributed by atoms with Crippen LogP contribution in [0.4, 0.5) is 0 Å². The van der Waals surface area contributed by atoms with E-state index in [0.29, 0.717) is 18.1 Å². The lowest BCUT2D eigenvalue weighted by Gasteiger charge is -2.24. The van der Waals surface area contributed by atoms with Gasteiger partial charge in [-0.15, -0.1) is 0 Å². The Hall–Kier alpha value is -1.62. The highest BCUT2D eigenvalue weighted by molar-refractivity contribution is 5.95. The first-order chi connectivity index (χ1) is 8.74. The Labute approximate surface area is 107 Å². The average molecular weight is 249 g/mol. The summed E-state index contributed by atoms with van der Waals surface area (Å²) in [5.74, 6) is 0.482. The van der Waals surface area contributed by atoms with Crippen LogP contribution in [-0.2, 0) is 0 Å². The van der Waals surface area contributed by atoms with Gasteiger partial charge in [0, 0.05) is 25.8 Å². The van der Waals surface area contributed by atoms with E-state index in [1.807, 2.05) is 14.0 Å². The van der Waals surface area contributed by atoms with Crippen molar-refractivity contribution in [3.05, 3.63) is 24.0 Å². The maximum Gasteiger partial charge on any atom is 0.276 e. The Kier molecular flexibility index (Phi) is 4.15. The summed E-state index contributed by atoms with van der Waals surface area (Å²) in [6, 6.07) is 3.80. The van der Waals surface area contributed by atoms with E-state index in [2.05, 4.69) is 10.3 Å². The Morgan fingerprint density at radius 3 is 3.17 bits per heavy atom. The van der Waals surface area contributed by atoms with Crippen molar-refractivity contribution in [3.8, 4) is 5.75 Å². The number of ether oxygens (including phenoxy) is 1. The highest BCUT2D eigenvalue weighted by Crippen LogP contribution is 2.19. The number of nitrogens with one attached hydrogen (secondary N) is 1. The van der Waals surface area contributed by atoms with Crippen molar-refractivity contribution in [2.45, 2.75) is 19.4 Å². The smallest absolute Gasteiger partial charge is 0.276 e. The highest BCUT2D eigenvalue weighted by Gasteiger charge is 2.26. The van der Waals surface area contributed by atoms with E-state index < -0.39 is 0 Å². The topological polar surface area (TPSA) is 54.5 Å². The van der Waals surface area contributed by atoms with Gasteiger partial charge < -0.3 is 15.0 Å². The summed E-state index contributed by atoms with van der Waals surface area (Å²) >= 11 is 0. The molecule has 1 unspecified atom stereocenters. The molecule has 0 radical (unpaired) electrons. The van der Waals surface area contributed by atoms with E-state index in [0.717, 1.165) is 19.5 Å². The van der Waals surface area contributed by atoms with E-state index in [1.165, 1.54) is 0 Å². The quantitative estimate of drug-likeness (QED) is 0.862. The van der Waals surface area contributed by atoms with Gasteiger partial charge in [0.1, 0.15) is 0 Å². The lowest BCUT2D eigenvalue weighted by molar-refractivity contribution is 0.0733. The average Bonchev–Trinajstić information content (AvgIpc) is 2.92. The zero-order valence-corrected chi connectivity index (χ0v) is 10.8. The first kappa shape index (κ1) is 12.8. The second-order valence-corrected chi connectivity index (χ2v) is 4.35. The van der Waals surface area contributed by atoms with Crippen molar-refractivity contribution in [2.75, 3.05) is 26.7 Å². The number of hydrogen-bond acceptors (Lipinski definition) is 4. The Morgan fingerprint density at radius 1 is 1.67 bits per heavy atom. The van der Waals surface area contributed by atoms with Crippen LogP contribution in [0, 0.1) is 0 Å². The molecule has 0 bridgehead atoms. The van der Waals surface area contributed by atoms with Gasteiger partial charge in [0.2, 0.25) is 0 Å². The van der Waals surface area contributed by atoms with Crippen LogP contribution in [0.15, 0.2) is 18.3 Å². The summed E-state index contributed by atoms with van der Waals surface area (Å²) in [5, 5.41) is 3.25. The number of pyridine rings is 1. The summed E-state index contributed by atoms with van der Waals surface area (Å²) in [7, 11) is 1.82. The fourth-order valence-electron chi connectivity index (χ4n) is 2.13. The molecule has 18 heavy (non-hydrogen) atoms. The van der Waals surface area contributed by atoms with Crippen molar-refractivity contribution >= 4 is 5.91 Å². The summed E-state index contributed by atoms with van der Waals surface area (Å²) in [6.45, 7) is 4.23. The van der Waals surface area contributed by atoms with Gasteiger partial charge in [-0.05, 0) is 32.0 Å². The first-order valence-corrected chi connectivity index (χ1v) is 6.29. The van der Waals surface area contributed by atoms with Crippen LogP contribution in [0.3, 0.4) is 0 Å². The Morgan fingerprint density at radius 2 is 2.50 bits per heavy atom. The number of hydrogen-bond donors (Lipinski definition) is 1. The molecule has 0 aromatic carbocycles. The highest BCUT2D eigenvalue weighted by atomic mass is 16.5. The number of carbonyl (C=O) groups is 1. The molecule has 98 valence electrons. The van der Waals surface area contributed by atoms with Crippen LogP contribution in [0.25, 0.3) is 0 Å². The first-order valence-electron chi connectivity index (χ1n) is 6.29. The van der Waals surface area contributed by atoms with Crippen LogP contribution >= 0.6 is 0 Å². The molecule has 1 saturated heterocycles. The summed E-state index contributed by atoms with van der Waals surface area (Å²) in [6.07, 6.45) is 2.61. The molecule has 1 N–H and O–H groups in total. The summed E-state index contributed by atoms with van der Waals surface area (Å²) in [5.41, 5.74) is 0.397. The molecule has 2 rings (SSSR count). The number of amides is 1. The van der Waals surface area contributed by atoms with Crippen LogP contribution in [0.5, 0.6) is 5.75 Å². The van der Waals surface area contributed by atoms with Gasteiger partial charge in [0.05, 0.1) is 6.61 Å². The molecular formula is C13H19N3O2. The second-order valence-electron chi connectivity index (χ2n) is 4.35. The van der Waals surface area contributed by atoms with Crippen LogP contribution in [-0.4, -0.2) is 48.6 Å². The molecule has 1 fully saturated rings. The number of carbonyl (C=O) groups excluding carboxylic acids is 1. The molecule has 0 saturated carbocycles. The summed E-state index contributed by atoms with van der Waals surface area (Å²) in [4.78, 5) is 18.3. The summed E-state index contributed by atoms with van der Waals surface area (Å²) < 4.78 is 5.45. The third-order valence-corrected chi connectivity index (χ3v) is 3.18. The third kappa shape index (κ3) is 2.61. The maximum atomic E-state index is 12.4. The number of likely N-dealkylation sites (N-methyl/N-ethyl adjacent to an activating group) is 1. The molecule has 1 amide bonds. The Balaban J connectivity index is 2.16. The van der Waals surface area contributed by atoms with E-state index in [-0.39, 0.29) is 11.9 Å². The van der Waals surface area contributed by atoms with Crippen molar-refractivity contribution in [2.24, 2.45) is 0 Å². The predicted molar refractivity (Wildman–Crippen MR) is 68.8 cm³/mol. The van der Waals surface area contributed by atoms with Gasteiger partial charge in [-0.25, -0.2) is 4.98 Å². The fraction of sp³-hybridized carbons (Fsp3) is 0.538. The molecule has 5 heteroatoms. The van der Waals surface area contributed by atoms with Gasteiger partial charge in [-0.1, -0.05) is 0 Å². The molecular weight excluding hydrogens is 230 g/mol. The van der Waals surface area contributed by atoms with Crippen molar-refractivity contribution < 1.29 is 9.53 Å². The predicted octanol–water partition coefficient (Wildman–Crippen LogP) is 0.914. The van der Waals surface area contributed by atoms with Crippen molar-refractivity contribution in [3.63, 3.8) is 0 Å². The largest absolute Gasteiger partial charge is 0.491 e. The maximum absolute atomic E-state index is 12.4. The molecule has 1 aromatic rings. The molecule has 1 aliphatic rings. The van der Waals surface area contributed by atoms with Gasteiger partial charge in [0.25, 0.3) is 5.91 Å². The van der Waals surface area contributed by atoms with Crippen molar-refractivity contribution in [1.29, 1.82) is 0 Å². The monoisotopic (exact) mass is 249 g/mol. The lowest BCUT2D eigenvalue weighted by Crippen LogP contribution is -2.38. The standard InChI is InChI=1S/C13H19N3O2/c1-3-18-11-5-4-7-15-12(11)13(17)16(2)10-6-8-14-9-10/h4-5,7,10,14H,3,6,8-9H2,1-2H3. The van der Waals surface area contributed by atoms with Crippen molar-refractivity contribution in [1.82, 2.24) is 15.2 Å². The zero-order chi connectivity index (χ0) is 13.0. The molecule has 1 aromatic heterocycles. The molecule has 1 aliphatic heterocycles. The van der Waals surface area contributed by atoms with Gasteiger partial charge in [-0.2, -0.15) is 0 Å². The minimum atomic E-state index is -0.0762. The minimum Gasteiger partial charge on any atom is -0.491 e. The molecule has 0 aliphatic carbocycles. The van der Waals surface area contributed by atoms with E-state index in [9.17, 15) is 4.79 Å². The van der Waals surface area contributed by atoms with Crippen LogP contribution in [0.1, 0.15) is 23.8 Å². The fourth-order valence-corrected chi connectivity index (χ4v) is 2.13. The van der Waals surface area contributed by atoms with Crippen LogP contribution in [0.2, 0.25) is 0 Å². The normalized spacial score (nSPS) is 18.7. The van der Waals surface area contributed by atoms with Crippen LogP contribution < -0.4 is 10.1 Å². The van der Waals surface area contributed by atoms with E-state index in [4.69, 9.17) is 4.74 Å².